The molecule has 0 aliphatic carbocycles. The molecule has 0 saturated carbocycles. The molecule has 0 bridgehead atoms. The fraction of sp³-hybridized carbons (Fsp3) is 0.0909. The predicted molar refractivity (Wildman–Crippen MR) is 114 cm³/mol. The molecule has 134 valence electrons. The van der Waals surface area contributed by atoms with Crippen molar-refractivity contribution < 1.29 is 0 Å². The first-order valence-corrected chi connectivity index (χ1v) is 10.9. The summed E-state index contributed by atoms with van der Waals surface area (Å²) in [5, 5.41) is 16.2. The summed E-state index contributed by atoms with van der Waals surface area (Å²) in [6.45, 7) is 0.720. The molecule has 4 nitrogen and oxygen atoms in total. The monoisotopic (exact) mass is 372 g/mol. The second-order valence-electron chi connectivity index (χ2n) is 6.21. The zero-order chi connectivity index (χ0) is 18.5. The molecule has 0 radical (unpaired) electrons. The third kappa shape index (κ3) is 3.24. The highest BCUT2D eigenvalue weighted by Gasteiger charge is 2.26. The van der Waals surface area contributed by atoms with Crippen LogP contribution in [0.15, 0.2) is 91.0 Å². The number of tetrazole rings is 1. The van der Waals surface area contributed by atoms with Crippen molar-refractivity contribution in [2.24, 2.45) is 0 Å². The lowest BCUT2D eigenvalue weighted by Gasteiger charge is -2.28. The second-order valence-corrected chi connectivity index (χ2v) is 9.46. The summed E-state index contributed by atoms with van der Waals surface area (Å²) in [6, 6.07) is 32.1. The van der Waals surface area contributed by atoms with E-state index in [1.54, 1.807) is 0 Å². The summed E-state index contributed by atoms with van der Waals surface area (Å²) in [4.78, 5) is 0. The van der Waals surface area contributed by atoms with Gasteiger partial charge in [-0.15, -0.1) is 5.10 Å². The number of aromatic nitrogens is 4. The molecule has 4 rings (SSSR count). The minimum absolute atomic E-state index is 0.733. The summed E-state index contributed by atoms with van der Waals surface area (Å²) < 4.78 is 1.85. The summed E-state index contributed by atoms with van der Waals surface area (Å²) in [7, 11) is 0. The van der Waals surface area contributed by atoms with Crippen molar-refractivity contribution in [3.63, 3.8) is 0 Å². The van der Waals surface area contributed by atoms with E-state index in [9.17, 15) is 0 Å². The minimum atomic E-state index is -2.07. The lowest BCUT2D eigenvalue weighted by Crippen LogP contribution is -2.27. The van der Waals surface area contributed by atoms with Crippen LogP contribution in [-0.4, -0.2) is 26.0 Å². The summed E-state index contributed by atoms with van der Waals surface area (Å²) in [5.74, 6) is 3.10. The van der Waals surface area contributed by atoms with Gasteiger partial charge >= 0.3 is 0 Å². The Balaban J connectivity index is 2.14. The van der Waals surface area contributed by atoms with Gasteiger partial charge in [-0.25, -0.2) is 4.68 Å². The van der Waals surface area contributed by atoms with Crippen LogP contribution >= 0.6 is 6.89 Å². The van der Waals surface area contributed by atoms with Crippen LogP contribution in [0.1, 0.15) is 12.7 Å². The first-order chi connectivity index (χ1) is 13.3. The summed E-state index contributed by atoms with van der Waals surface area (Å²) in [6.07, 6.45) is 0. The number of aryl methyl sites for hydroxylation is 1. The Bertz CT molecular complexity index is 954. The Labute approximate surface area is 159 Å². The summed E-state index contributed by atoms with van der Waals surface area (Å²) in [5.41, 5.74) is 0. The maximum absolute atomic E-state index is 4.32. The van der Waals surface area contributed by atoms with Crippen molar-refractivity contribution in [3.05, 3.63) is 96.8 Å². The molecule has 0 atom stereocenters. The van der Waals surface area contributed by atoms with Gasteiger partial charge in [-0.1, -0.05) is 91.0 Å². The van der Waals surface area contributed by atoms with Crippen LogP contribution in [0.3, 0.4) is 0 Å². The predicted octanol–water partition coefficient (Wildman–Crippen LogP) is 2.84. The van der Waals surface area contributed by atoms with Crippen LogP contribution in [0, 0.1) is 0 Å². The lowest BCUT2D eigenvalue weighted by atomic mass is 10.4. The Morgan fingerprint density at radius 1 is 0.741 bits per heavy atom. The molecule has 27 heavy (non-hydrogen) atoms. The molecule has 0 aliphatic rings. The van der Waals surface area contributed by atoms with Crippen LogP contribution in [0.5, 0.6) is 0 Å². The Hall–Kier alpha value is -2.97. The third-order valence-corrected chi connectivity index (χ3v) is 8.61. The number of hydrogen-bond donors (Lipinski definition) is 0. The Morgan fingerprint density at radius 2 is 1.19 bits per heavy atom. The average Bonchev–Trinajstić information content (AvgIpc) is 3.21. The van der Waals surface area contributed by atoms with Crippen LogP contribution in [0.25, 0.3) is 0 Å². The van der Waals surface area contributed by atoms with Gasteiger partial charge in [0.15, 0.2) is 5.82 Å². The highest BCUT2D eigenvalue weighted by molar-refractivity contribution is 7.94. The number of rotatable bonds is 5. The molecule has 5 heteroatoms. The van der Waals surface area contributed by atoms with E-state index in [1.165, 1.54) is 15.9 Å². The molecule has 1 aromatic heterocycles. The first kappa shape index (κ1) is 17.4. The first-order valence-electron chi connectivity index (χ1n) is 9.02. The van der Waals surface area contributed by atoms with Crippen molar-refractivity contribution in [2.45, 2.75) is 13.5 Å². The van der Waals surface area contributed by atoms with Gasteiger partial charge < -0.3 is 0 Å². The minimum Gasteiger partial charge on any atom is -0.226 e. The van der Waals surface area contributed by atoms with Crippen molar-refractivity contribution in [2.75, 3.05) is 0 Å². The Kier molecular flexibility index (Phi) is 4.99. The standard InChI is InChI=1S/C22H21N4P/c1-2-26-22(23-24-25-26)18-27(19-12-6-3-7-13-19,20-14-8-4-9-15-20)21-16-10-5-11-17-21/h3-18H,2H2,1H3. The normalized spacial score (nSPS) is 11.3. The number of nitrogens with zero attached hydrogens (tertiary/aromatic N) is 4. The molecular weight excluding hydrogens is 351 g/mol. The van der Waals surface area contributed by atoms with Crippen LogP contribution in [0.2, 0.25) is 0 Å². The lowest BCUT2D eigenvalue weighted by molar-refractivity contribution is 0.623. The van der Waals surface area contributed by atoms with E-state index < -0.39 is 6.89 Å². The van der Waals surface area contributed by atoms with Crippen LogP contribution < -0.4 is 15.9 Å². The van der Waals surface area contributed by atoms with Crippen molar-refractivity contribution in [3.8, 4) is 0 Å². The molecule has 4 aromatic rings. The highest BCUT2D eigenvalue weighted by atomic mass is 31.2. The van der Waals surface area contributed by atoms with Crippen LogP contribution in [-0.2, 0) is 6.54 Å². The zero-order valence-corrected chi connectivity index (χ0v) is 16.1. The van der Waals surface area contributed by atoms with Crippen molar-refractivity contribution >= 4 is 28.6 Å². The molecule has 0 saturated heterocycles. The van der Waals surface area contributed by atoms with Gasteiger partial charge in [0.2, 0.25) is 0 Å². The number of benzene rings is 3. The summed E-state index contributed by atoms with van der Waals surface area (Å²) >= 11 is 0. The Morgan fingerprint density at radius 3 is 1.59 bits per heavy atom. The van der Waals surface area contributed by atoms with E-state index >= 15 is 0 Å². The van der Waals surface area contributed by atoms with Crippen molar-refractivity contribution in [1.29, 1.82) is 0 Å². The molecular formula is C22H21N4P. The van der Waals surface area contributed by atoms with E-state index in [1.807, 2.05) is 4.68 Å². The van der Waals surface area contributed by atoms with Crippen molar-refractivity contribution in [1.82, 2.24) is 20.2 Å². The van der Waals surface area contributed by atoms with Gasteiger partial charge in [0, 0.05) is 6.54 Å². The topological polar surface area (TPSA) is 43.6 Å². The van der Waals surface area contributed by atoms with Gasteiger partial charge in [0.1, 0.15) is 0 Å². The molecule has 0 unspecified atom stereocenters. The fourth-order valence-electron chi connectivity index (χ4n) is 3.36. The largest absolute Gasteiger partial charge is 0.226 e. The molecule has 0 fully saturated rings. The maximum Gasteiger partial charge on any atom is 0.175 e. The maximum atomic E-state index is 4.32. The van der Waals surface area contributed by atoms with E-state index in [0.717, 1.165) is 12.4 Å². The van der Waals surface area contributed by atoms with Gasteiger partial charge in [-0.2, -0.15) is 0 Å². The molecule has 0 spiro atoms. The molecule has 1 heterocycles. The van der Waals surface area contributed by atoms with Gasteiger partial charge in [0.05, 0.1) is 0 Å². The quantitative estimate of drug-likeness (QED) is 0.506. The second kappa shape index (κ2) is 7.73. The smallest absolute Gasteiger partial charge is 0.175 e. The van der Waals surface area contributed by atoms with E-state index in [4.69, 9.17) is 0 Å². The van der Waals surface area contributed by atoms with E-state index in [0.29, 0.717) is 0 Å². The SMILES string of the molecule is CCn1nnnc1C=P(c1ccccc1)(c1ccccc1)c1ccccc1. The molecule has 0 amide bonds. The van der Waals surface area contributed by atoms with Gasteiger partial charge in [-0.05, 0) is 45.9 Å². The van der Waals surface area contributed by atoms with E-state index in [-0.39, 0.29) is 0 Å². The van der Waals surface area contributed by atoms with E-state index in [2.05, 4.69) is 119 Å². The average molecular weight is 372 g/mol. The fourth-order valence-corrected chi connectivity index (χ4v) is 7.16. The number of hydrogen-bond acceptors (Lipinski definition) is 3. The molecule has 0 aliphatic heterocycles. The third-order valence-electron chi connectivity index (χ3n) is 4.66. The zero-order valence-electron chi connectivity index (χ0n) is 15.2. The molecule has 3 aromatic carbocycles. The molecule has 0 N–H and O–H groups in total. The van der Waals surface area contributed by atoms with Gasteiger partial charge in [0.25, 0.3) is 0 Å². The van der Waals surface area contributed by atoms with Crippen LogP contribution in [0.4, 0.5) is 0 Å². The van der Waals surface area contributed by atoms with Gasteiger partial charge in [-0.3, -0.25) is 0 Å². The highest BCUT2D eigenvalue weighted by Crippen LogP contribution is 2.44.